The summed E-state index contributed by atoms with van der Waals surface area (Å²) in [6.07, 6.45) is -0.779. The Kier molecular flexibility index (Phi) is 6.63. The van der Waals surface area contributed by atoms with Crippen LogP contribution in [0, 0.1) is 0 Å². The lowest BCUT2D eigenvalue weighted by Gasteiger charge is -2.22. The van der Waals surface area contributed by atoms with E-state index in [-0.39, 0.29) is 30.8 Å². The molecule has 0 spiro atoms. The lowest BCUT2D eigenvalue weighted by Crippen LogP contribution is -2.29. The van der Waals surface area contributed by atoms with Gasteiger partial charge in [0.2, 0.25) is 0 Å². The van der Waals surface area contributed by atoms with Gasteiger partial charge in [0.1, 0.15) is 6.61 Å². The van der Waals surface area contributed by atoms with Crippen molar-refractivity contribution in [2.45, 2.75) is 38.2 Å². The summed E-state index contributed by atoms with van der Waals surface area (Å²) < 4.78 is 42.6. The van der Waals surface area contributed by atoms with Gasteiger partial charge in [0.15, 0.2) is 5.69 Å². The van der Waals surface area contributed by atoms with Crippen LogP contribution in [0.2, 0.25) is 0 Å². The van der Waals surface area contributed by atoms with Crippen molar-refractivity contribution in [2.75, 3.05) is 19.7 Å². The summed E-state index contributed by atoms with van der Waals surface area (Å²) in [4.78, 5) is 12.3. The van der Waals surface area contributed by atoms with E-state index in [0.29, 0.717) is 5.56 Å². The topological polar surface area (TPSA) is 81.1 Å². The highest BCUT2D eigenvalue weighted by molar-refractivity contribution is 5.91. The highest BCUT2D eigenvalue weighted by atomic mass is 19.4. The van der Waals surface area contributed by atoms with Crippen molar-refractivity contribution in [1.82, 2.24) is 25.6 Å². The van der Waals surface area contributed by atoms with E-state index < -0.39 is 12.8 Å². The van der Waals surface area contributed by atoms with E-state index in [1.165, 1.54) is 0 Å². The van der Waals surface area contributed by atoms with Crippen molar-refractivity contribution in [1.29, 1.82) is 0 Å². The lowest BCUT2D eigenvalue weighted by molar-refractivity contribution is -0.176. The third-order valence-electron chi connectivity index (χ3n) is 4.44. The minimum Gasteiger partial charge on any atom is -0.367 e. The molecule has 3 rings (SSSR count). The monoisotopic (exact) mass is 397 g/mol. The molecule has 0 saturated carbocycles. The van der Waals surface area contributed by atoms with E-state index in [2.05, 4.69) is 25.7 Å². The van der Waals surface area contributed by atoms with Crippen LogP contribution in [0.1, 0.15) is 40.5 Å². The summed E-state index contributed by atoms with van der Waals surface area (Å²) in [5.74, 6) is -0.322. The van der Waals surface area contributed by atoms with Gasteiger partial charge in [-0.2, -0.15) is 13.2 Å². The van der Waals surface area contributed by atoms with Crippen LogP contribution in [0.15, 0.2) is 30.5 Å². The molecule has 2 heterocycles. The molecular formula is C18H22F3N5O2. The lowest BCUT2D eigenvalue weighted by atomic mass is 10.1. The molecule has 1 aliphatic heterocycles. The second-order valence-corrected chi connectivity index (χ2v) is 6.67. The minimum atomic E-state index is -4.33. The van der Waals surface area contributed by atoms with Gasteiger partial charge in [-0.15, -0.1) is 5.10 Å². The molecule has 1 fully saturated rings. The second-order valence-electron chi connectivity index (χ2n) is 6.67. The number of benzene rings is 1. The third-order valence-corrected chi connectivity index (χ3v) is 4.44. The molecule has 28 heavy (non-hydrogen) atoms. The molecule has 10 heteroatoms. The number of hydrogen-bond acceptors (Lipinski definition) is 5. The first kappa shape index (κ1) is 20.3. The van der Waals surface area contributed by atoms with Gasteiger partial charge >= 0.3 is 6.18 Å². The van der Waals surface area contributed by atoms with Crippen LogP contribution >= 0.6 is 0 Å². The number of halogens is 3. The zero-order chi connectivity index (χ0) is 20.0. The Bertz CT molecular complexity index is 770. The maximum absolute atomic E-state index is 12.3. The van der Waals surface area contributed by atoms with Gasteiger partial charge in [0, 0.05) is 6.54 Å². The molecule has 1 aliphatic rings. The number of carbonyl (C=O) groups excluding carboxylic acids is 1. The quantitative estimate of drug-likeness (QED) is 0.749. The molecule has 1 aromatic carbocycles. The van der Waals surface area contributed by atoms with Gasteiger partial charge in [-0.3, -0.25) is 4.79 Å². The van der Waals surface area contributed by atoms with Crippen LogP contribution < -0.4 is 10.6 Å². The molecule has 152 valence electrons. The van der Waals surface area contributed by atoms with Crippen LogP contribution in [0.25, 0.3) is 0 Å². The molecule has 1 amide bonds. The summed E-state index contributed by atoms with van der Waals surface area (Å²) in [7, 11) is 0. The number of ether oxygens (including phenoxy) is 1. The van der Waals surface area contributed by atoms with Crippen molar-refractivity contribution in [3.63, 3.8) is 0 Å². The number of amides is 1. The molecule has 1 aromatic heterocycles. The predicted octanol–water partition coefficient (Wildman–Crippen LogP) is 2.21. The number of piperidine rings is 1. The third kappa shape index (κ3) is 6.03. The van der Waals surface area contributed by atoms with Gasteiger partial charge in [0.05, 0.1) is 18.8 Å². The molecule has 0 unspecified atom stereocenters. The molecule has 0 aliphatic carbocycles. The first-order chi connectivity index (χ1) is 13.4. The molecule has 0 radical (unpaired) electrons. The molecule has 1 saturated heterocycles. The van der Waals surface area contributed by atoms with E-state index in [1.54, 1.807) is 35.1 Å². The fourth-order valence-corrected chi connectivity index (χ4v) is 2.94. The van der Waals surface area contributed by atoms with Crippen molar-refractivity contribution < 1.29 is 22.7 Å². The summed E-state index contributed by atoms with van der Waals surface area (Å²) in [5.41, 5.74) is 1.71. The van der Waals surface area contributed by atoms with Crippen molar-refractivity contribution in [3.8, 4) is 0 Å². The summed E-state index contributed by atoms with van der Waals surface area (Å²) >= 11 is 0. The summed E-state index contributed by atoms with van der Waals surface area (Å²) in [6.45, 7) is 0.726. The smallest absolute Gasteiger partial charge is 0.367 e. The number of nitrogens with one attached hydrogen (secondary N) is 2. The molecule has 0 bridgehead atoms. The Balaban J connectivity index is 1.46. The molecule has 7 nitrogen and oxygen atoms in total. The van der Waals surface area contributed by atoms with Crippen LogP contribution in [0.5, 0.6) is 0 Å². The van der Waals surface area contributed by atoms with E-state index in [1.807, 2.05) is 0 Å². The number of alkyl halides is 3. The van der Waals surface area contributed by atoms with Crippen LogP contribution in [-0.2, 0) is 17.9 Å². The number of rotatable bonds is 7. The molecule has 0 atom stereocenters. The predicted molar refractivity (Wildman–Crippen MR) is 94.5 cm³/mol. The van der Waals surface area contributed by atoms with Crippen molar-refractivity contribution >= 4 is 5.91 Å². The first-order valence-corrected chi connectivity index (χ1v) is 9.04. The Morgan fingerprint density at radius 3 is 2.57 bits per heavy atom. The van der Waals surface area contributed by atoms with Crippen LogP contribution in [0.4, 0.5) is 13.2 Å². The van der Waals surface area contributed by atoms with Crippen molar-refractivity contribution in [3.05, 3.63) is 47.3 Å². The number of aromatic nitrogens is 3. The minimum absolute atomic E-state index is 0.119. The zero-order valence-corrected chi connectivity index (χ0v) is 15.2. The largest absolute Gasteiger partial charge is 0.411 e. The zero-order valence-electron chi connectivity index (χ0n) is 15.2. The summed E-state index contributed by atoms with van der Waals surface area (Å²) in [5, 5.41) is 14.0. The molecule has 2 aromatic rings. The number of hydrogen-bond donors (Lipinski definition) is 2. The molecular weight excluding hydrogens is 375 g/mol. The van der Waals surface area contributed by atoms with Crippen LogP contribution in [0.3, 0.4) is 0 Å². The first-order valence-electron chi connectivity index (χ1n) is 9.04. The highest BCUT2D eigenvalue weighted by Gasteiger charge is 2.27. The Hall–Kier alpha value is -2.46. The van der Waals surface area contributed by atoms with Gasteiger partial charge in [-0.05, 0) is 37.1 Å². The maximum atomic E-state index is 12.3. The average molecular weight is 397 g/mol. The van der Waals surface area contributed by atoms with E-state index >= 15 is 0 Å². The Morgan fingerprint density at radius 1 is 1.21 bits per heavy atom. The average Bonchev–Trinajstić information content (AvgIpc) is 3.17. The van der Waals surface area contributed by atoms with Gasteiger partial charge in [-0.25, -0.2) is 4.68 Å². The fraction of sp³-hybridized carbons (Fsp3) is 0.500. The standard InChI is InChI=1S/C18H22F3N5O2/c19-18(20,21)12-28-11-14-3-1-13(2-4-14)9-23-17(27)16-10-26(25-24-16)15-5-7-22-8-6-15/h1-4,10,15,22H,5-9,11-12H2,(H,23,27). The van der Waals surface area contributed by atoms with Gasteiger partial charge in [0.25, 0.3) is 5.91 Å². The Labute approximate surface area is 160 Å². The second kappa shape index (κ2) is 9.16. The Morgan fingerprint density at radius 2 is 1.89 bits per heavy atom. The maximum Gasteiger partial charge on any atom is 0.411 e. The normalized spacial score (nSPS) is 15.5. The van der Waals surface area contributed by atoms with Gasteiger partial charge in [-0.1, -0.05) is 29.5 Å². The molecule has 2 N–H and O–H groups in total. The van der Waals surface area contributed by atoms with E-state index in [4.69, 9.17) is 0 Å². The van der Waals surface area contributed by atoms with E-state index in [0.717, 1.165) is 31.5 Å². The highest BCUT2D eigenvalue weighted by Crippen LogP contribution is 2.17. The van der Waals surface area contributed by atoms with Crippen molar-refractivity contribution in [2.24, 2.45) is 0 Å². The SMILES string of the molecule is O=C(NCc1ccc(COCC(F)(F)F)cc1)c1cn(C2CCNCC2)nn1. The number of carbonyl (C=O) groups is 1. The van der Waals surface area contributed by atoms with Crippen LogP contribution in [-0.4, -0.2) is 46.8 Å². The summed E-state index contributed by atoms with van der Waals surface area (Å²) in [6, 6.07) is 7.07. The van der Waals surface area contributed by atoms with Gasteiger partial charge < -0.3 is 15.4 Å². The van der Waals surface area contributed by atoms with E-state index in [9.17, 15) is 18.0 Å². The number of nitrogens with zero attached hydrogens (tertiary/aromatic N) is 3. The fourth-order valence-electron chi connectivity index (χ4n) is 2.94.